The summed E-state index contributed by atoms with van der Waals surface area (Å²) in [7, 11) is 0. The molecule has 4 aromatic carbocycles. The SMILES string of the molecule is O=C(C(=Cc1cccc(Oc2ccccc2)c1)c1nc2ccccc2[nH]1)c1ccccc1. The molecular weight excluding hydrogens is 396 g/mol. The summed E-state index contributed by atoms with van der Waals surface area (Å²) in [5, 5.41) is 0. The summed E-state index contributed by atoms with van der Waals surface area (Å²) >= 11 is 0. The first-order valence-corrected chi connectivity index (χ1v) is 10.4. The lowest BCUT2D eigenvalue weighted by molar-refractivity contribution is 0.105. The maximum absolute atomic E-state index is 13.4. The molecule has 0 radical (unpaired) electrons. The molecule has 0 atom stereocenters. The molecule has 0 fully saturated rings. The number of ether oxygens (including phenoxy) is 1. The molecule has 1 aromatic heterocycles. The fourth-order valence-corrected chi connectivity index (χ4v) is 3.53. The van der Waals surface area contributed by atoms with Crippen LogP contribution in [-0.4, -0.2) is 15.8 Å². The number of aromatic amines is 1. The number of benzene rings is 4. The average molecular weight is 416 g/mol. The van der Waals surface area contributed by atoms with Gasteiger partial charge in [0.05, 0.1) is 16.6 Å². The van der Waals surface area contributed by atoms with Gasteiger partial charge in [-0.2, -0.15) is 0 Å². The Balaban J connectivity index is 1.57. The van der Waals surface area contributed by atoms with E-state index in [4.69, 9.17) is 4.74 Å². The van der Waals surface area contributed by atoms with E-state index in [1.54, 1.807) is 0 Å². The van der Waals surface area contributed by atoms with Crippen LogP contribution in [0, 0.1) is 0 Å². The third kappa shape index (κ3) is 4.20. The van der Waals surface area contributed by atoms with E-state index in [9.17, 15) is 4.79 Å². The average Bonchev–Trinajstić information content (AvgIpc) is 3.28. The van der Waals surface area contributed by atoms with Gasteiger partial charge in [-0.25, -0.2) is 4.98 Å². The molecule has 0 saturated carbocycles. The lowest BCUT2D eigenvalue weighted by Gasteiger charge is -2.08. The fraction of sp³-hybridized carbons (Fsp3) is 0. The number of para-hydroxylation sites is 3. The van der Waals surface area contributed by atoms with Gasteiger partial charge in [-0.15, -0.1) is 0 Å². The Labute approximate surface area is 185 Å². The first-order valence-electron chi connectivity index (χ1n) is 10.4. The number of H-pyrrole nitrogens is 1. The standard InChI is InChI=1S/C28H20N2O2/c31-27(21-11-3-1-4-12-21)24(28-29-25-16-7-8-17-26(25)30-28)19-20-10-9-15-23(18-20)32-22-13-5-2-6-14-22/h1-19H,(H,29,30). The molecule has 5 rings (SSSR count). The highest BCUT2D eigenvalue weighted by atomic mass is 16.5. The third-order valence-corrected chi connectivity index (χ3v) is 5.07. The fourth-order valence-electron chi connectivity index (χ4n) is 3.53. The predicted molar refractivity (Wildman–Crippen MR) is 128 cm³/mol. The van der Waals surface area contributed by atoms with Gasteiger partial charge < -0.3 is 9.72 Å². The van der Waals surface area contributed by atoms with E-state index < -0.39 is 0 Å². The third-order valence-electron chi connectivity index (χ3n) is 5.07. The maximum Gasteiger partial charge on any atom is 0.196 e. The van der Waals surface area contributed by atoms with E-state index in [0.717, 1.165) is 22.3 Å². The number of carbonyl (C=O) groups excluding carboxylic acids is 1. The van der Waals surface area contributed by atoms with Crippen LogP contribution in [0.2, 0.25) is 0 Å². The highest BCUT2D eigenvalue weighted by Crippen LogP contribution is 2.27. The quantitative estimate of drug-likeness (QED) is 0.245. The van der Waals surface area contributed by atoms with Gasteiger partial charge in [-0.05, 0) is 48.0 Å². The van der Waals surface area contributed by atoms with Crippen LogP contribution in [0.25, 0.3) is 22.7 Å². The van der Waals surface area contributed by atoms with Crippen molar-refractivity contribution in [3.63, 3.8) is 0 Å². The van der Waals surface area contributed by atoms with Gasteiger partial charge in [-0.1, -0.05) is 72.8 Å². The Bertz CT molecular complexity index is 1370. The molecule has 1 N–H and O–H groups in total. The van der Waals surface area contributed by atoms with Crippen LogP contribution in [0.15, 0.2) is 109 Å². The summed E-state index contributed by atoms with van der Waals surface area (Å²) in [6.07, 6.45) is 1.85. The van der Waals surface area contributed by atoms with E-state index in [-0.39, 0.29) is 5.78 Å². The van der Waals surface area contributed by atoms with Gasteiger partial charge in [0.15, 0.2) is 5.78 Å². The highest BCUT2D eigenvalue weighted by Gasteiger charge is 2.18. The molecule has 0 bridgehead atoms. The summed E-state index contributed by atoms with van der Waals surface area (Å²) in [6, 6.07) is 34.3. The molecular formula is C28H20N2O2. The largest absolute Gasteiger partial charge is 0.457 e. The molecule has 32 heavy (non-hydrogen) atoms. The minimum atomic E-state index is -0.0981. The number of fused-ring (bicyclic) bond motifs is 1. The molecule has 0 spiro atoms. The Morgan fingerprint density at radius 2 is 1.44 bits per heavy atom. The van der Waals surface area contributed by atoms with Crippen LogP contribution in [0.1, 0.15) is 21.7 Å². The summed E-state index contributed by atoms with van der Waals surface area (Å²) in [5.41, 5.74) is 3.64. The molecule has 0 amide bonds. The molecule has 0 aliphatic heterocycles. The maximum atomic E-state index is 13.4. The van der Waals surface area contributed by atoms with Gasteiger partial charge in [0.1, 0.15) is 17.3 Å². The highest BCUT2D eigenvalue weighted by molar-refractivity contribution is 6.31. The van der Waals surface area contributed by atoms with Crippen LogP contribution in [-0.2, 0) is 0 Å². The number of nitrogens with zero attached hydrogens (tertiary/aromatic N) is 1. The number of allylic oxidation sites excluding steroid dienone is 1. The Morgan fingerprint density at radius 1 is 0.750 bits per heavy atom. The first-order chi connectivity index (χ1) is 15.8. The Morgan fingerprint density at radius 3 is 2.22 bits per heavy atom. The van der Waals surface area contributed by atoms with Crippen molar-refractivity contribution >= 4 is 28.5 Å². The lowest BCUT2D eigenvalue weighted by atomic mass is 10.0. The number of rotatable bonds is 6. The number of hydrogen-bond donors (Lipinski definition) is 1. The number of aromatic nitrogens is 2. The molecule has 0 unspecified atom stereocenters. The summed E-state index contributed by atoms with van der Waals surface area (Å²) < 4.78 is 5.96. The minimum Gasteiger partial charge on any atom is -0.457 e. The van der Waals surface area contributed by atoms with Crippen molar-refractivity contribution in [2.24, 2.45) is 0 Å². The van der Waals surface area contributed by atoms with Crippen LogP contribution in [0.5, 0.6) is 11.5 Å². The molecule has 5 aromatic rings. The summed E-state index contributed by atoms with van der Waals surface area (Å²) in [6.45, 7) is 0. The molecule has 4 nitrogen and oxygen atoms in total. The van der Waals surface area contributed by atoms with E-state index in [0.29, 0.717) is 22.7 Å². The molecule has 0 aliphatic carbocycles. The molecule has 4 heteroatoms. The second-order valence-electron chi connectivity index (χ2n) is 7.34. The van der Waals surface area contributed by atoms with Gasteiger partial charge in [0.25, 0.3) is 0 Å². The van der Waals surface area contributed by atoms with Gasteiger partial charge in [0, 0.05) is 5.56 Å². The molecule has 0 aliphatic rings. The van der Waals surface area contributed by atoms with Crippen molar-refractivity contribution in [2.45, 2.75) is 0 Å². The summed E-state index contributed by atoms with van der Waals surface area (Å²) in [5.74, 6) is 1.89. The zero-order valence-corrected chi connectivity index (χ0v) is 17.2. The van der Waals surface area contributed by atoms with E-state index >= 15 is 0 Å². The first kappa shape index (κ1) is 19.5. The number of ketones is 1. The Hall–Kier alpha value is -4.44. The van der Waals surface area contributed by atoms with Crippen molar-refractivity contribution in [3.05, 3.63) is 126 Å². The molecule has 0 saturated heterocycles. The van der Waals surface area contributed by atoms with E-state index in [1.165, 1.54) is 0 Å². The zero-order chi connectivity index (χ0) is 21.8. The normalized spacial score (nSPS) is 11.4. The van der Waals surface area contributed by atoms with Gasteiger partial charge >= 0.3 is 0 Å². The van der Waals surface area contributed by atoms with Crippen molar-refractivity contribution in [1.29, 1.82) is 0 Å². The topological polar surface area (TPSA) is 55.0 Å². The van der Waals surface area contributed by atoms with Crippen molar-refractivity contribution < 1.29 is 9.53 Å². The Kier molecular flexibility index (Phi) is 5.33. The second-order valence-corrected chi connectivity index (χ2v) is 7.34. The summed E-state index contributed by atoms with van der Waals surface area (Å²) in [4.78, 5) is 21.4. The minimum absolute atomic E-state index is 0.0981. The molecule has 154 valence electrons. The number of hydrogen-bond acceptors (Lipinski definition) is 3. The van der Waals surface area contributed by atoms with Crippen LogP contribution >= 0.6 is 0 Å². The van der Waals surface area contributed by atoms with Crippen molar-refractivity contribution in [3.8, 4) is 11.5 Å². The number of Topliss-reactive ketones (excluding diaryl/α,β-unsaturated/α-hetero) is 1. The zero-order valence-electron chi connectivity index (χ0n) is 17.2. The van der Waals surface area contributed by atoms with Crippen molar-refractivity contribution in [1.82, 2.24) is 9.97 Å². The van der Waals surface area contributed by atoms with Crippen LogP contribution in [0.4, 0.5) is 0 Å². The van der Waals surface area contributed by atoms with Gasteiger partial charge in [0.2, 0.25) is 0 Å². The van der Waals surface area contributed by atoms with Crippen LogP contribution < -0.4 is 4.74 Å². The van der Waals surface area contributed by atoms with E-state index in [2.05, 4.69) is 9.97 Å². The number of imidazole rings is 1. The monoisotopic (exact) mass is 416 g/mol. The number of carbonyl (C=O) groups is 1. The predicted octanol–water partition coefficient (Wildman–Crippen LogP) is 6.78. The van der Waals surface area contributed by atoms with Crippen molar-refractivity contribution in [2.75, 3.05) is 0 Å². The number of nitrogens with one attached hydrogen (secondary N) is 1. The molecule has 1 heterocycles. The van der Waals surface area contributed by atoms with Crippen LogP contribution in [0.3, 0.4) is 0 Å². The smallest absolute Gasteiger partial charge is 0.196 e. The second kappa shape index (κ2) is 8.74. The van der Waals surface area contributed by atoms with Gasteiger partial charge in [-0.3, -0.25) is 4.79 Å². The van der Waals surface area contributed by atoms with E-state index in [1.807, 2.05) is 115 Å². The lowest BCUT2D eigenvalue weighted by Crippen LogP contribution is -2.04.